The lowest BCUT2D eigenvalue weighted by atomic mass is 10.0. The Morgan fingerprint density at radius 2 is 1.85 bits per heavy atom. The first kappa shape index (κ1) is 15.3. The average molecular weight is 281 g/mol. The molecule has 0 N–H and O–H groups in total. The fourth-order valence-electron chi connectivity index (χ4n) is 3.28. The maximum Gasteiger partial charge on any atom is 0.239 e. The number of rotatable bonds is 3. The number of piperidine rings is 1. The first-order chi connectivity index (χ1) is 9.49. The Hall–Kier alpha value is -1.10. The van der Waals surface area contributed by atoms with Gasteiger partial charge in [0.2, 0.25) is 11.8 Å². The van der Waals surface area contributed by atoms with Crippen molar-refractivity contribution in [3.8, 4) is 0 Å². The van der Waals surface area contributed by atoms with E-state index in [-0.39, 0.29) is 17.9 Å². The Bertz CT molecular complexity index is 370. The van der Waals surface area contributed by atoms with Gasteiger partial charge in [0, 0.05) is 27.2 Å². The Morgan fingerprint density at radius 1 is 1.15 bits per heavy atom. The molecule has 20 heavy (non-hydrogen) atoms. The Morgan fingerprint density at radius 3 is 2.50 bits per heavy atom. The number of likely N-dealkylation sites (tertiary alicyclic amines) is 2. The number of likely N-dealkylation sites (N-methyl/N-ethyl adjacent to an activating group) is 1. The molecule has 0 bridgehead atoms. The largest absolute Gasteiger partial charge is 0.347 e. The van der Waals surface area contributed by atoms with Crippen LogP contribution in [0.1, 0.15) is 32.6 Å². The van der Waals surface area contributed by atoms with Gasteiger partial charge in [-0.25, -0.2) is 0 Å². The SMILES string of the molecule is CC1CCCN(C(=O)CN2CCCC2C(=O)N(C)C)C1. The minimum atomic E-state index is -0.101. The molecule has 114 valence electrons. The molecule has 2 aliphatic rings. The van der Waals surface area contributed by atoms with E-state index >= 15 is 0 Å². The van der Waals surface area contributed by atoms with Crippen LogP contribution in [0.3, 0.4) is 0 Å². The molecule has 5 heteroatoms. The molecule has 2 unspecified atom stereocenters. The molecule has 2 aliphatic heterocycles. The van der Waals surface area contributed by atoms with Crippen molar-refractivity contribution in [3.63, 3.8) is 0 Å². The number of amides is 2. The van der Waals surface area contributed by atoms with Gasteiger partial charge < -0.3 is 9.80 Å². The van der Waals surface area contributed by atoms with E-state index in [1.165, 1.54) is 6.42 Å². The number of hydrogen-bond acceptors (Lipinski definition) is 3. The molecular weight excluding hydrogens is 254 g/mol. The normalized spacial score (nSPS) is 27.6. The van der Waals surface area contributed by atoms with Gasteiger partial charge in [-0.2, -0.15) is 0 Å². The summed E-state index contributed by atoms with van der Waals surface area (Å²) in [6, 6.07) is -0.101. The molecule has 2 rings (SSSR count). The maximum absolute atomic E-state index is 12.4. The highest BCUT2D eigenvalue weighted by Crippen LogP contribution is 2.20. The number of carbonyl (C=O) groups excluding carboxylic acids is 2. The second-order valence-corrected chi connectivity index (χ2v) is 6.45. The van der Waals surface area contributed by atoms with Crippen molar-refractivity contribution in [2.75, 3.05) is 40.3 Å². The zero-order valence-corrected chi connectivity index (χ0v) is 13.0. The second kappa shape index (κ2) is 6.57. The fraction of sp³-hybridized carbons (Fsp3) is 0.867. The molecule has 2 amide bonds. The molecule has 0 aliphatic carbocycles. The van der Waals surface area contributed by atoms with Crippen molar-refractivity contribution in [2.45, 2.75) is 38.6 Å². The van der Waals surface area contributed by atoms with Crippen LogP contribution in [0.5, 0.6) is 0 Å². The summed E-state index contributed by atoms with van der Waals surface area (Å²) in [7, 11) is 3.57. The van der Waals surface area contributed by atoms with Gasteiger partial charge in [0.15, 0.2) is 0 Å². The molecule has 0 aromatic carbocycles. The quantitative estimate of drug-likeness (QED) is 0.768. The van der Waals surface area contributed by atoms with Gasteiger partial charge >= 0.3 is 0 Å². The fourth-order valence-corrected chi connectivity index (χ4v) is 3.28. The van der Waals surface area contributed by atoms with E-state index in [1.54, 1.807) is 19.0 Å². The van der Waals surface area contributed by atoms with Crippen LogP contribution in [-0.2, 0) is 9.59 Å². The van der Waals surface area contributed by atoms with Crippen LogP contribution in [0.4, 0.5) is 0 Å². The van der Waals surface area contributed by atoms with Crippen LogP contribution in [0.25, 0.3) is 0 Å². The van der Waals surface area contributed by atoms with Crippen molar-refractivity contribution in [3.05, 3.63) is 0 Å². The van der Waals surface area contributed by atoms with Crippen LogP contribution >= 0.6 is 0 Å². The summed E-state index contributed by atoms with van der Waals surface area (Å²) in [6.07, 6.45) is 4.21. The lowest BCUT2D eigenvalue weighted by molar-refractivity contribution is -0.137. The number of nitrogens with zero attached hydrogens (tertiary/aromatic N) is 3. The Balaban J connectivity index is 1.91. The standard InChI is InChI=1S/C15H27N3O2/c1-12-6-4-9-18(10-12)14(19)11-17-8-5-7-13(17)15(20)16(2)3/h12-13H,4-11H2,1-3H3. The van der Waals surface area contributed by atoms with Crippen LogP contribution in [-0.4, -0.2) is 72.8 Å². The molecule has 0 radical (unpaired) electrons. The molecule has 0 saturated carbocycles. The van der Waals surface area contributed by atoms with Crippen molar-refractivity contribution in [1.29, 1.82) is 0 Å². The second-order valence-electron chi connectivity index (χ2n) is 6.45. The first-order valence-electron chi connectivity index (χ1n) is 7.72. The van der Waals surface area contributed by atoms with Gasteiger partial charge in [-0.15, -0.1) is 0 Å². The molecule has 2 heterocycles. The zero-order chi connectivity index (χ0) is 14.7. The molecule has 0 aromatic rings. The summed E-state index contributed by atoms with van der Waals surface area (Å²) >= 11 is 0. The van der Waals surface area contributed by atoms with E-state index in [9.17, 15) is 9.59 Å². The van der Waals surface area contributed by atoms with E-state index in [2.05, 4.69) is 11.8 Å². The predicted molar refractivity (Wildman–Crippen MR) is 78.3 cm³/mol. The third-order valence-corrected chi connectivity index (χ3v) is 4.44. The van der Waals surface area contributed by atoms with E-state index in [4.69, 9.17) is 0 Å². The summed E-state index contributed by atoms with van der Waals surface area (Å²) in [4.78, 5) is 30.2. The third-order valence-electron chi connectivity index (χ3n) is 4.44. The summed E-state index contributed by atoms with van der Waals surface area (Å²) in [5.74, 6) is 0.919. The average Bonchev–Trinajstić information content (AvgIpc) is 2.85. The van der Waals surface area contributed by atoms with Gasteiger partial charge in [0.1, 0.15) is 0 Å². The van der Waals surface area contributed by atoms with Gasteiger partial charge in [0.05, 0.1) is 12.6 Å². The van der Waals surface area contributed by atoms with E-state index in [0.29, 0.717) is 12.5 Å². The summed E-state index contributed by atoms with van der Waals surface area (Å²) in [5, 5.41) is 0. The number of hydrogen-bond donors (Lipinski definition) is 0. The van der Waals surface area contributed by atoms with Gasteiger partial charge in [-0.05, 0) is 38.1 Å². The summed E-state index contributed by atoms with van der Waals surface area (Å²) in [5.41, 5.74) is 0. The van der Waals surface area contributed by atoms with Crippen molar-refractivity contribution < 1.29 is 9.59 Å². The smallest absolute Gasteiger partial charge is 0.239 e. The van der Waals surface area contributed by atoms with Crippen molar-refractivity contribution >= 4 is 11.8 Å². The molecular formula is C15H27N3O2. The topological polar surface area (TPSA) is 43.9 Å². The van der Waals surface area contributed by atoms with Crippen LogP contribution in [0.2, 0.25) is 0 Å². The minimum absolute atomic E-state index is 0.101. The monoisotopic (exact) mass is 281 g/mol. The van der Waals surface area contributed by atoms with Crippen LogP contribution in [0, 0.1) is 5.92 Å². The van der Waals surface area contributed by atoms with Crippen LogP contribution in [0.15, 0.2) is 0 Å². The molecule has 2 saturated heterocycles. The van der Waals surface area contributed by atoms with Gasteiger partial charge in [0.25, 0.3) is 0 Å². The third kappa shape index (κ3) is 3.51. The van der Waals surface area contributed by atoms with Gasteiger partial charge in [-0.1, -0.05) is 6.92 Å². The molecule has 0 aromatic heterocycles. The highest BCUT2D eigenvalue weighted by Gasteiger charge is 2.34. The van der Waals surface area contributed by atoms with Gasteiger partial charge in [-0.3, -0.25) is 14.5 Å². The Kier molecular flexibility index (Phi) is 5.02. The summed E-state index contributed by atoms with van der Waals surface area (Å²) < 4.78 is 0. The predicted octanol–water partition coefficient (Wildman–Crippen LogP) is 0.798. The Labute approximate surface area is 121 Å². The van der Waals surface area contributed by atoms with Crippen LogP contribution < -0.4 is 0 Å². The van der Waals surface area contributed by atoms with E-state index in [0.717, 1.165) is 38.9 Å². The van der Waals surface area contributed by atoms with Crippen molar-refractivity contribution in [2.24, 2.45) is 5.92 Å². The van der Waals surface area contributed by atoms with Crippen molar-refractivity contribution in [1.82, 2.24) is 14.7 Å². The number of carbonyl (C=O) groups is 2. The summed E-state index contributed by atoms with van der Waals surface area (Å²) in [6.45, 7) is 5.21. The van der Waals surface area contributed by atoms with E-state index in [1.807, 2.05) is 4.90 Å². The minimum Gasteiger partial charge on any atom is -0.347 e. The molecule has 2 atom stereocenters. The highest BCUT2D eigenvalue weighted by atomic mass is 16.2. The molecule has 2 fully saturated rings. The lowest BCUT2D eigenvalue weighted by Crippen LogP contribution is -2.49. The first-order valence-corrected chi connectivity index (χ1v) is 7.72. The lowest BCUT2D eigenvalue weighted by Gasteiger charge is -2.33. The van der Waals surface area contributed by atoms with E-state index < -0.39 is 0 Å². The zero-order valence-electron chi connectivity index (χ0n) is 13.0. The maximum atomic E-state index is 12.4. The molecule has 0 spiro atoms. The molecule has 5 nitrogen and oxygen atoms in total. The highest BCUT2D eigenvalue weighted by molar-refractivity contribution is 5.83.